The van der Waals surface area contributed by atoms with Gasteiger partial charge in [0.25, 0.3) is 0 Å². The molecule has 2 rings (SSSR count). The Morgan fingerprint density at radius 2 is 1.89 bits per heavy atom. The van der Waals surface area contributed by atoms with Gasteiger partial charge in [0, 0.05) is 24.1 Å². The first kappa shape index (κ1) is 14.1. The van der Waals surface area contributed by atoms with Gasteiger partial charge in [0.05, 0.1) is 4.90 Å². The summed E-state index contributed by atoms with van der Waals surface area (Å²) in [5.74, 6) is 0.0570. The van der Waals surface area contributed by atoms with Gasteiger partial charge in [-0.3, -0.25) is 4.79 Å². The van der Waals surface area contributed by atoms with Gasteiger partial charge in [0.15, 0.2) is 9.84 Å². The minimum Gasteiger partial charge on any atom is -0.352 e. The zero-order valence-electron chi connectivity index (χ0n) is 11.4. The second-order valence-corrected chi connectivity index (χ2v) is 7.43. The largest absolute Gasteiger partial charge is 0.352 e. The molecular formula is C14H19NO3S. The Morgan fingerprint density at radius 1 is 1.32 bits per heavy atom. The van der Waals surface area contributed by atoms with E-state index in [2.05, 4.69) is 12.2 Å². The lowest BCUT2D eigenvalue weighted by atomic mass is 9.75. The molecule has 1 heterocycles. The Bertz CT molecular complexity index is 592. The smallest absolute Gasteiger partial charge is 0.221 e. The van der Waals surface area contributed by atoms with Crippen LogP contribution in [0.4, 0.5) is 0 Å². The van der Waals surface area contributed by atoms with Gasteiger partial charge in [0.2, 0.25) is 5.91 Å². The number of benzene rings is 1. The minimum atomic E-state index is -3.18. The highest BCUT2D eigenvalue weighted by Gasteiger charge is 2.43. The maximum absolute atomic E-state index is 11.6. The SMILES string of the molecule is CCC1NC(=O)CC1(C)c1ccc(S(C)(=O)=O)cc1. The van der Waals surface area contributed by atoms with Crippen LogP contribution in [0.3, 0.4) is 0 Å². The molecule has 1 saturated heterocycles. The monoisotopic (exact) mass is 281 g/mol. The Hall–Kier alpha value is -1.36. The van der Waals surface area contributed by atoms with Crippen molar-refractivity contribution >= 4 is 15.7 Å². The Kier molecular flexibility index (Phi) is 3.43. The highest BCUT2D eigenvalue weighted by molar-refractivity contribution is 7.90. The van der Waals surface area contributed by atoms with Gasteiger partial charge in [-0.05, 0) is 24.1 Å². The average Bonchev–Trinajstić information content (AvgIpc) is 2.64. The fraction of sp³-hybridized carbons (Fsp3) is 0.500. The molecule has 0 bridgehead atoms. The first-order valence-corrected chi connectivity index (χ1v) is 8.26. The molecule has 0 spiro atoms. The number of carbonyl (C=O) groups excluding carboxylic acids is 1. The summed E-state index contributed by atoms with van der Waals surface area (Å²) in [5, 5.41) is 2.98. The summed E-state index contributed by atoms with van der Waals surface area (Å²) >= 11 is 0. The predicted octanol–water partition coefficient (Wildman–Crippen LogP) is 1.65. The van der Waals surface area contributed by atoms with E-state index in [1.807, 2.05) is 19.1 Å². The van der Waals surface area contributed by atoms with E-state index in [1.54, 1.807) is 12.1 Å². The van der Waals surface area contributed by atoms with Crippen LogP contribution in [0, 0.1) is 0 Å². The van der Waals surface area contributed by atoms with Crippen molar-refractivity contribution in [3.8, 4) is 0 Å². The summed E-state index contributed by atoms with van der Waals surface area (Å²) in [6.07, 6.45) is 2.50. The van der Waals surface area contributed by atoms with Gasteiger partial charge in [-0.2, -0.15) is 0 Å². The second-order valence-electron chi connectivity index (χ2n) is 5.42. The molecule has 19 heavy (non-hydrogen) atoms. The van der Waals surface area contributed by atoms with Crippen molar-refractivity contribution in [2.24, 2.45) is 0 Å². The number of hydrogen-bond acceptors (Lipinski definition) is 3. The van der Waals surface area contributed by atoms with E-state index in [1.165, 1.54) is 6.26 Å². The Morgan fingerprint density at radius 3 is 2.37 bits per heavy atom. The van der Waals surface area contributed by atoms with Crippen LogP contribution in [0.5, 0.6) is 0 Å². The standard InChI is InChI=1S/C14H19NO3S/c1-4-12-14(2,9-13(16)15-12)10-5-7-11(8-6-10)19(3,17)18/h5-8,12H,4,9H2,1-3H3,(H,15,16). The van der Waals surface area contributed by atoms with Crippen LogP contribution in [0.2, 0.25) is 0 Å². The zero-order chi connectivity index (χ0) is 14.3. The number of hydrogen-bond donors (Lipinski definition) is 1. The fourth-order valence-corrected chi connectivity index (χ4v) is 3.43. The number of carbonyl (C=O) groups is 1. The molecule has 1 fully saturated rings. The van der Waals surface area contributed by atoms with Crippen molar-refractivity contribution in [1.82, 2.24) is 5.32 Å². The molecule has 1 aromatic rings. The number of nitrogens with one attached hydrogen (secondary N) is 1. The first-order valence-electron chi connectivity index (χ1n) is 6.37. The van der Waals surface area contributed by atoms with Crippen LogP contribution in [0.15, 0.2) is 29.2 Å². The predicted molar refractivity (Wildman–Crippen MR) is 73.7 cm³/mol. The van der Waals surface area contributed by atoms with Crippen molar-refractivity contribution in [2.75, 3.05) is 6.26 Å². The molecule has 1 aliphatic rings. The molecule has 0 aliphatic carbocycles. The summed E-state index contributed by atoms with van der Waals surface area (Å²) in [5.41, 5.74) is 0.743. The summed E-state index contributed by atoms with van der Waals surface area (Å²) in [6, 6.07) is 6.97. The van der Waals surface area contributed by atoms with E-state index in [4.69, 9.17) is 0 Å². The molecule has 0 saturated carbocycles. The van der Waals surface area contributed by atoms with Gasteiger partial charge in [-0.25, -0.2) is 8.42 Å². The molecule has 2 unspecified atom stereocenters. The molecular weight excluding hydrogens is 262 g/mol. The van der Waals surface area contributed by atoms with Gasteiger partial charge >= 0.3 is 0 Å². The lowest BCUT2D eigenvalue weighted by molar-refractivity contribution is -0.119. The normalized spacial score (nSPS) is 27.3. The van der Waals surface area contributed by atoms with E-state index in [-0.39, 0.29) is 17.4 Å². The van der Waals surface area contributed by atoms with E-state index >= 15 is 0 Å². The zero-order valence-corrected chi connectivity index (χ0v) is 12.3. The molecule has 0 radical (unpaired) electrons. The molecule has 5 heteroatoms. The summed E-state index contributed by atoms with van der Waals surface area (Å²) in [7, 11) is -3.18. The van der Waals surface area contributed by atoms with Crippen LogP contribution in [-0.2, 0) is 20.0 Å². The van der Waals surface area contributed by atoms with Crippen molar-refractivity contribution in [3.05, 3.63) is 29.8 Å². The minimum absolute atomic E-state index is 0.0570. The van der Waals surface area contributed by atoms with Crippen molar-refractivity contribution in [2.45, 2.75) is 43.0 Å². The number of sulfone groups is 1. The van der Waals surface area contributed by atoms with Crippen molar-refractivity contribution < 1.29 is 13.2 Å². The summed E-state index contributed by atoms with van der Waals surface area (Å²) < 4.78 is 22.9. The van der Waals surface area contributed by atoms with Crippen LogP contribution < -0.4 is 5.32 Å². The average molecular weight is 281 g/mol. The lowest BCUT2D eigenvalue weighted by Gasteiger charge is -2.30. The third-order valence-corrected chi connectivity index (χ3v) is 5.11. The van der Waals surface area contributed by atoms with Gasteiger partial charge in [-0.15, -0.1) is 0 Å². The maximum atomic E-state index is 11.6. The van der Waals surface area contributed by atoms with Crippen LogP contribution in [0.25, 0.3) is 0 Å². The van der Waals surface area contributed by atoms with Gasteiger partial charge in [-0.1, -0.05) is 26.0 Å². The second kappa shape index (κ2) is 4.63. The lowest BCUT2D eigenvalue weighted by Crippen LogP contribution is -2.37. The molecule has 1 N–H and O–H groups in total. The highest BCUT2D eigenvalue weighted by Crippen LogP contribution is 2.37. The summed E-state index contributed by atoms with van der Waals surface area (Å²) in [6.45, 7) is 4.09. The molecule has 1 aliphatic heterocycles. The molecule has 104 valence electrons. The molecule has 4 nitrogen and oxygen atoms in total. The van der Waals surface area contributed by atoms with Crippen molar-refractivity contribution in [1.29, 1.82) is 0 Å². The van der Waals surface area contributed by atoms with E-state index in [0.29, 0.717) is 11.3 Å². The van der Waals surface area contributed by atoms with E-state index < -0.39 is 9.84 Å². The molecule has 1 aromatic carbocycles. The van der Waals surface area contributed by atoms with Crippen LogP contribution >= 0.6 is 0 Å². The third kappa shape index (κ3) is 2.52. The van der Waals surface area contributed by atoms with Gasteiger partial charge < -0.3 is 5.32 Å². The van der Waals surface area contributed by atoms with Gasteiger partial charge in [0.1, 0.15) is 0 Å². The molecule has 0 aromatic heterocycles. The van der Waals surface area contributed by atoms with Crippen LogP contribution in [0.1, 0.15) is 32.3 Å². The van der Waals surface area contributed by atoms with E-state index in [0.717, 1.165) is 12.0 Å². The topological polar surface area (TPSA) is 63.2 Å². The third-order valence-electron chi connectivity index (χ3n) is 3.98. The summed E-state index contributed by atoms with van der Waals surface area (Å²) in [4.78, 5) is 11.9. The Balaban J connectivity index is 2.39. The number of amides is 1. The fourth-order valence-electron chi connectivity index (χ4n) is 2.80. The van der Waals surface area contributed by atoms with E-state index in [9.17, 15) is 13.2 Å². The first-order chi connectivity index (χ1) is 8.77. The van der Waals surface area contributed by atoms with Crippen molar-refractivity contribution in [3.63, 3.8) is 0 Å². The maximum Gasteiger partial charge on any atom is 0.221 e. The highest BCUT2D eigenvalue weighted by atomic mass is 32.2. The number of rotatable bonds is 3. The quantitative estimate of drug-likeness (QED) is 0.916. The molecule has 2 atom stereocenters. The molecule has 1 amide bonds. The van der Waals surface area contributed by atoms with Crippen LogP contribution in [-0.4, -0.2) is 26.6 Å². The Labute approximate surface area is 114 Å².